The van der Waals surface area contributed by atoms with E-state index in [-0.39, 0.29) is 12.0 Å². The Morgan fingerprint density at radius 3 is 3.00 bits per heavy atom. The van der Waals surface area contributed by atoms with E-state index in [4.69, 9.17) is 4.74 Å². The number of nitrogens with zero attached hydrogens (tertiary/aromatic N) is 1. The Hall–Kier alpha value is -2.11. The number of carbonyl (C=O) groups is 1. The largest absolute Gasteiger partial charge is 0.376 e. The number of rotatable bonds is 6. The molecule has 0 spiro atoms. The first-order chi connectivity index (χ1) is 12.3. The zero-order chi connectivity index (χ0) is 17.1. The molecule has 2 aromatic heterocycles. The summed E-state index contributed by atoms with van der Waals surface area (Å²) in [5, 5.41) is 3.19. The van der Waals surface area contributed by atoms with E-state index >= 15 is 0 Å². The lowest BCUT2D eigenvalue weighted by molar-refractivity contribution is -0.132. The summed E-state index contributed by atoms with van der Waals surface area (Å²) in [6.45, 7) is 2.16. The van der Waals surface area contributed by atoms with E-state index in [2.05, 4.69) is 22.5 Å². The minimum Gasteiger partial charge on any atom is -0.376 e. The Labute approximate surface area is 151 Å². The zero-order valence-electron chi connectivity index (χ0n) is 14.1. The van der Waals surface area contributed by atoms with Crippen molar-refractivity contribution in [3.8, 4) is 0 Å². The quantitative estimate of drug-likeness (QED) is 0.728. The molecule has 4 rings (SSSR count). The van der Waals surface area contributed by atoms with E-state index < -0.39 is 0 Å². The van der Waals surface area contributed by atoms with Crippen molar-refractivity contribution < 1.29 is 9.53 Å². The summed E-state index contributed by atoms with van der Waals surface area (Å²) in [5.74, 6) is 0.161. The molecule has 4 nitrogen and oxygen atoms in total. The van der Waals surface area contributed by atoms with Gasteiger partial charge in [-0.3, -0.25) is 4.79 Å². The van der Waals surface area contributed by atoms with E-state index in [1.165, 1.54) is 4.88 Å². The monoisotopic (exact) mass is 354 g/mol. The molecule has 0 radical (unpaired) electrons. The van der Waals surface area contributed by atoms with Crippen LogP contribution in [0.1, 0.15) is 23.3 Å². The van der Waals surface area contributed by atoms with Crippen LogP contribution in [0, 0.1) is 0 Å². The molecule has 1 aliphatic heterocycles. The molecule has 0 saturated carbocycles. The SMILES string of the molecule is O=C(Cc1c[nH]c2ccccc12)N(Cc1cccs1)CC1CCCO1. The average Bonchev–Trinajstić information content (AvgIpc) is 3.37. The molecule has 1 unspecified atom stereocenters. The maximum Gasteiger partial charge on any atom is 0.227 e. The smallest absolute Gasteiger partial charge is 0.227 e. The van der Waals surface area contributed by atoms with Gasteiger partial charge in [-0.25, -0.2) is 0 Å². The van der Waals surface area contributed by atoms with Gasteiger partial charge in [-0.05, 0) is 35.9 Å². The van der Waals surface area contributed by atoms with Crippen molar-refractivity contribution in [2.75, 3.05) is 13.2 Å². The number of aromatic amines is 1. The molecule has 1 aliphatic rings. The predicted octanol–water partition coefficient (Wildman–Crippen LogP) is 3.98. The minimum absolute atomic E-state index is 0.161. The van der Waals surface area contributed by atoms with E-state index in [9.17, 15) is 4.79 Å². The van der Waals surface area contributed by atoms with Crippen molar-refractivity contribution in [1.29, 1.82) is 0 Å². The maximum absolute atomic E-state index is 13.0. The van der Waals surface area contributed by atoms with Gasteiger partial charge in [-0.1, -0.05) is 24.3 Å². The highest BCUT2D eigenvalue weighted by molar-refractivity contribution is 7.09. The van der Waals surface area contributed by atoms with Gasteiger partial charge >= 0.3 is 0 Å². The van der Waals surface area contributed by atoms with Gasteiger partial charge in [0.25, 0.3) is 0 Å². The first-order valence-electron chi connectivity index (χ1n) is 8.76. The Morgan fingerprint density at radius 1 is 1.28 bits per heavy atom. The van der Waals surface area contributed by atoms with Crippen LogP contribution in [0.15, 0.2) is 48.0 Å². The molecule has 25 heavy (non-hydrogen) atoms. The third-order valence-electron chi connectivity index (χ3n) is 4.74. The normalized spacial score (nSPS) is 17.2. The zero-order valence-corrected chi connectivity index (χ0v) is 14.9. The number of hydrogen-bond donors (Lipinski definition) is 1. The lowest BCUT2D eigenvalue weighted by atomic mass is 10.1. The highest BCUT2D eigenvalue weighted by Gasteiger charge is 2.23. The number of para-hydroxylation sites is 1. The second-order valence-electron chi connectivity index (χ2n) is 6.52. The van der Waals surface area contributed by atoms with E-state index in [0.29, 0.717) is 19.5 Å². The summed E-state index contributed by atoms with van der Waals surface area (Å²) < 4.78 is 5.76. The van der Waals surface area contributed by atoms with Crippen molar-refractivity contribution in [3.63, 3.8) is 0 Å². The molecular formula is C20H22N2O2S. The van der Waals surface area contributed by atoms with Gasteiger partial charge in [0.2, 0.25) is 5.91 Å². The van der Waals surface area contributed by atoms with Gasteiger partial charge in [0, 0.05) is 35.1 Å². The summed E-state index contributed by atoms with van der Waals surface area (Å²) in [6, 6.07) is 12.3. The van der Waals surface area contributed by atoms with Crippen molar-refractivity contribution in [2.24, 2.45) is 0 Å². The van der Waals surface area contributed by atoms with Crippen LogP contribution in [-0.2, 0) is 22.5 Å². The predicted molar refractivity (Wildman–Crippen MR) is 101 cm³/mol. The standard InChI is InChI=1S/C20H22N2O2S/c23-20(11-15-12-21-19-8-2-1-7-18(15)19)22(13-16-5-3-9-24-16)14-17-6-4-10-25-17/h1-2,4,6-8,10,12,16,21H,3,5,9,11,13-14H2. The summed E-state index contributed by atoms with van der Waals surface area (Å²) in [4.78, 5) is 19.5. The van der Waals surface area contributed by atoms with Crippen molar-refractivity contribution in [1.82, 2.24) is 9.88 Å². The Morgan fingerprint density at radius 2 is 2.20 bits per heavy atom. The summed E-state index contributed by atoms with van der Waals surface area (Å²) in [7, 11) is 0. The minimum atomic E-state index is 0.161. The van der Waals surface area contributed by atoms with Crippen molar-refractivity contribution in [2.45, 2.75) is 31.9 Å². The van der Waals surface area contributed by atoms with Gasteiger partial charge in [0.05, 0.1) is 19.1 Å². The highest BCUT2D eigenvalue weighted by atomic mass is 32.1. The van der Waals surface area contributed by atoms with Crippen molar-refractivity contribution in [3.05, 3.63) is 58.4 Å². The van der Waals surface area contributed by atoms with E-state index in [1.54, 1.807) is 11.3 Å². The fourth-order valence-electron chi connectivity index (χ4n) is 3.43. The third kappa shape index (κ3) is 3.78. The molecule has 130 valence electrons. The molecule has 0 bridgehead atoms. The summed E-state index contributed by atoms with van der Waals surface area (Å²) in [6.07, 6.45) is 4.68. The number of amides is 1. The van der Waals surface area contributed by atoms with Crippen LogP contribution in [0.3, 0.4) is 0 Å². The number of nitrogens with one attached hydrogen (secondary N) is 1. The fraction of sp³-hybridized carbons (Fsp3) is 0.350. The lowest BCUT2D eigenvalue weighted by Crippen LogP contribution is -2.37. The van der Waals surface area contributed by atoms with Crippen LogP contribution in [0.2, 0.25) is 0 Å². The lowest BCUT2D eigenvalue weighted by Gasteiger charge is -2.25. The molecule has 1 saturated heterocycles. The number of aromatic nitrogens is 1. The first kappa shape index (κ1) is 16.4. The highest BCUT2D eigenvalue weighted by Crippen LogP contribution is 2.21. The van der Waals surface area contributed by atoms with Gasteiger partial charge in [-0.2, -0.15) is 0 Å². The fourth-order valence-corrected chi connectivity index (χ4v) is 4.15. The second kappa shape index (κ2) is 7.42. The first-order valence-corrected chi connectivity index (χ1v) is 9.64. The molecule has 1 fully saturated rings. The van der Waals surface area contributed by atoms with E-state index in [0.717, 1.165) is 35.9 Å². The molecule has 1 amide bonds. The maximum atomic E-state index is 13.0. The molecule has 5 heteroatoms. The molecule has 1 atom stereocenters. The number of hydrogen-bond acceptors (Lipinski definition) is 3. The average molecular weight is 354 g/mol. The number of H-pyrrole nitrogens is 1. The van der Waals surface area contributed by atoms with Crippen LogP contribution in [-0.4, -0.2) is 35.0 Å². The van der Waals surface area contributed by atoms with Gasteiger partial charge in [0.15, 0.2) is 0 Å². The molecule has 3 aromatic rings. The summed E-state index contributed by atoms with van der Waals surface area (Å²) >= 11 is 1.70. The van der Waals surface area contributed by atoms with Crippen LogP contribution in [0.4, 0.5) is 0 Å². The van der Waals surface area contributed by atoms with Gasteiger partial charge < -0.3 is 14.6 Å². The molecule has 1 N–H and O–H groups in total. The van der Waals surface area contributed by atoms with Crippen LogP contribution in [0.5, 0.6) is 0 Å². The van der Waals surface area contributed by atoms with Gasteiger partial charge in [-0.15, -0.1) is 11.3 Å². The Balaban J connectivity index is 1.51. The second-order valence-corrected chi connectivity index (χ2v) is 7.56. The number of carbonyl (C=O) groups excluding carboxylic acids is 1. The summed E-state index contributed by atoms with van der Waals surface area (Å²) in [5.41, 5.74) is 2.14. The van der Waals surface area contributed by atoms with E-state index in [1.807, 2.05) is 35.4 Å². The molecule has 0 aliphatic carbocycles. The Kier molecular flexibility index (Phi) is 4.85. The number of fused-ring (bicyclic) bond motifs is 1. The third-order valence-corrected chi connectivity index (χ3v) is 5.61. The number of thiophene rings is 1. The van der Waals surface area contributed by atoms with Crippen LogP contribution >= 0.6 is 11.3 Å². The topological polar surface area (TPSA) is 45.3 Å². The molecule has 1 aromatic carbocycles. The van der Waals surface area contributed by atoms with Crippen LogP contribution < -0.4 is 0 Å². The van der Waals surface area contributed by atoms with Crippen molar-refractivity contribution >= 4 is 28.1 Å². The molecule has 3 heterocycles. The molecular weight excluding hydrogens is 332 g/mol. The Bertz CT molecular complexity index is 834. The van der Waals surface area contributed by atoms with Crippen LogP contribution in [0.25, 0.3) is 10.9 Å². The van der Waals surface area contributed by atoms with Gasteiger partial charge in [0.1, 0.15) is 0 Å². The number of ether oxygens (including phenoxy) is 1. The number of benzene rings is 1.